The van der Waals surface area contributed by atoms with Crippen molar-refractivity contribution in [3.63, 3.8) is 0 Å². The van der Waals surface area contributed by atoms with Crippen LogP contribution in [0.25, 0.3) is 0 Å². The van der Waals surface area contributed by atoms with Crippen LogP contribution in [0.1, 0.15) is 6.42 Å². The molecule has 1 aliphatic rings. The number of alkyl halides is 1. The number of hydrogen-bond acceptors (Lipinski definition) is 2. The summed E-state index contributed by atoms with van der Waals surface area (Å²) in [6, 6.07) is -0.268. The Hall–Kier alpha value is -0.580. The molecule has 0 saturated carbocycles. The van der Waals surface area contributed by atoms with Crippen molar-refractivity contribution in [3.8, 4) is 0 Å². The van der Waals surface area contributed by atoms with E-state index in [-0.39, 0.29) is 18.5 Å². The zero-order valence-electron chi connectivity index (χ0n) is 5.97. The molecule has 0 spiro atoms. The van der Waals surface area contributed by atoms with Gasteiger partial charge in [-0.05, 0) is 6.42 Å². The molecular formula is C6H9BrN2O2. The van der Waals surface area contributed by atoms with Crippen molar-refractivity contribution in [2.24, 2.45) is 0 Å². The number of rotatable bonds is 3. The summed E-state index contributed by atoms with van der Waals surface area (Å²) < 4.78 is 0. The fourth-order valence-electron chi connectivity index (χ4n) is 0.914. The molecule has 4 nitrogen and oxygen atoms in total. The normalized spacial score (nSPS) is 17.4. The van der Waals surface area contributed by atoms with Gasteiger partial charge in [0.25, 0.3) is 0 Å². The van der Waals surface area contributed by atoms with E-state index in [1.165, 1.54) is 4.90 Å². The van der Waals surface area contributed by atoms with Crippen molar-refractivity contribution in [2.75, 3.05) is 18.4 Å². The predicted molar refractivity (Wildman–Crippen MR) is 43.5 cm³/mol. The van der Waals surface area contributed by atoms with Crippen LogP contribution >= 0.6 is 15.9 Å². The van der Waals surface area contributed by atoms with Gasteiger partial charge in [-0.3, -0.25) is 10.1 Å². The van der Waals surface area contributed by atoms with E-state index in [1.54, 1.807) is 0 Å². The van der Waals surface area contributed by atoms with Crippen LogP contribution in [-0.4, -0.2) is 35.3 Å². The monoisotopic (exact) mass is 220 g/mol. The quantitative estimate of drug-likeness (QED) is 0.551. The first-order valence-corrected chi connectivity index (χ1v) is 4.51. The maximum absolute atomic E-state index is 10.9. The highest BCUT2D eigenvalue weighted by Crippen LogP contribution is 2.00. The molecular weight excluding hydrogens is 212 g/mol. The Morgan fingerprint density at radius 2 is 2.27 bits per heavy atom. The third-order valence-corrected chi connectivity index (χ3v) is 1.99. The highest BCUT2D eigenvalue weighted by molar-refractivity contribution is 9.09. The molecule has 0 aromatic carbocycles. The predicted octanol–water partition coefficient (Wildman–Crippen LogP) is 0.323. The molecule has 1 N–H and O–H groups in total. The average molecular weight is 221 g/mol. The van der Waals surface area contributed by atoms with Gasteiger partial charge in [0.2, 0.25) is 5.91 Å². The second kappa shape index (κ2) is 3.71. The van der Waals surface area contributed by atoms with Crippen LogP contribution in [0.2, 0.25) is 0 Å². The smallest absolute Gasteiger partial charge is 0.315 e. The number of nitrogens with one attached hydrogen (secondary N) is 1. The minimum absolute atomic E-state index is 0.204. The molecule has 0 atom stereocenters. The number of nitrogens with zero attached hydrogens (tertiary/aromatic N) is 1. The number of amides is 3. The Balaban J connectivity index is 2.34. The van der Waals surface area contributed by atoms with Gasteiger partial charge in [-0.25, -0.2) is 4.79 Å². The SMILES string of the molecule is O=C1CN(CCCBr)C(=O)N1. The lowest BCUT2D eigenvalue weighted by atomic mass is 10.4. The molecule has 3 amide bonds. The largest absolute Gasteiger partial charge is 0.324 e. The molecule has 0 unspecified atom stereocenters. The van der Waals surface area contributed by atoms with Crippen LogP contribution < -0.4 is 5.32 Å². The first-order valence-electron chi connectivity index (χ1n) is 3.39. The third kappa shape index (κ3) is 2.18. The maximum atomic E-state index is 10.9. The molecule has 1 fully saturated rings. The van der Waals surface area contributed by atoms with E-state index in [0.29, 0.717) is 6.54 Å². The number of imide groups is 1. The van der Waals surface area contributed by atoms with Gasteiger partial charge in [-0.1, -0.05) is 15.9 Å². The van der Waals surface area contributed by atoms with Crippen LogP contribution in [0.4, 0.5) is 4.79 Å². The summed E-state index contributed by atoms with van der Waals surface area (Å²) in [6.45, 7) is 0.856. The fraction of sp³-hybridized carbons (Fsp3) is 0.667. The van der Waals surface area contributed by atoms with E-state index in [0.717, 1.165) is 11.8 Å². The molecule has 1 aliphatic heterocycles. The van der Waals surface area contributed by atoms with Crippen molar-refractivity contribution in [2.45, 2.75) is 6.42 Å². The fourth-order valence-corrected chi connectivity index (χ4v) is 1.16. The second-order valence-electron chi connectivity index (χ2n) is 2.32. The molecule has 62 valence electrons. The van der Waals surface area contributed by atoms with Gasteiger partial charge >= 0.3 is 6.03 Å². The van der Waals surface area contributed by atoms with Gasteiger partial charge in [0.1, 0.15) is 6.54 Å². The van der Waals surface area contributed by atoms with Crippen LogP contribution in [0.5, 0.6) is 0 Å². The van der Waals surface area contributed by atoms with Gasteiger partial charge in [-0.2, -0.15) is 0 Å². The highest BCUT2D eigenvalue weighted by Gasteiger charge is 2.25. The number of carbonyl (C=O) groups is 2. The van der Waals surface area contributed by atoms with Crippen molar-refractivity contribution in [1.82, 2.24) is 10.2 Å². The van der Waals surface area contributed by atoms with Crippen LogP contribution in [0.3, 0.4) is 0 Å². The lowest BCUT2D eigenvalue weighted by molar-refractivity contribution is -0.118. The van der Waals surface area contributed by atoms with E-state index in [2.05, 4.69) is 21.2 Å². The van der Waals surface area contributed by atoms with E-state index >= 15 is 0 Å². The molecule has 0 aliphatic carbocycles. The van der Waals surface area contributed by atoms with Gasteiger partial charge in [0.05, 0.1) is 0 Å². The van der Waals surface area contributed by atoms with Crippen molar-refractivity contribution < 1.29 is 9.59 Å². The Morgan fingerprint density at radius 1 is 1.55 bits per heavy atom. The van der Waals surface area contributed by atoms with Crippen LogP contribution in [0, 0.1) is 0 Å². The van der Waals surface area contributed by atoms with E-state index in [4.69, 9.17) is 0 Å². The molecule has 5 heteroatoms. The standard InChI is InChI=1S/C6H9BrN2O2/c7-2-1-3-9-4-5(10)8-6(9)11/h1-4H2,(H,8,10,11). The Morgan fingerprint density at radius 3 is 2.73 bits per heavy atom. The molecule has 0 aromatic rings. The molecule has 1 saturated heterocycles. The topological polar surface area (TPSA) is 49.4 Å². The first kappa shape index (κ1) is 8.52. The summed E-state index contributed by atoms with van der Waals surface area (Å²) in [5.41, 5.74) is 0. The molecule has 0 radical (unpaired) electrons. The van der Waals surface area contributed by atoms with Crippen molar-refractivity contribution in [3.05, 3.63) is 0 Å². The number of halogens is 1. The summed E-state index contributed by atoms with van der Waals surface area (Å²) in [7, 11) is 0. The minimum atomic E-state index is -0.268. The number of carbonyl (C=O) groups excluding carboxylic acids is 2. The minimum Gasteiger partial charge on any atom is -0.315 e. The Kier molecular flexibility index (Phi) is 2.87. The van der Waals surface area contributed by atoms with E-state index < -0.39 is 0 Å². The lowest BCUT2D eigenvalue weighted by Gasteiger charge is -2.10. The Labute approximate surface area is 73.1 Å². The van der Waals surface area contributed by atoms with E-state index in [1.807, 2.05) is 0 Å². The van der Waals surface area contributed by atoms with Gasteiger partial charge in [0.15, 0.2) is 0 Å². The molecule has 1 heterocycles. The highest BCUT2D eigenvalue weighted by atomic mass is 79.9. The van der Waals surface area contributed by atoms with Crippen molar-refractivity contribution >= 4 is 27.9 Å². The lowest BCUT2D eigenvalue weighted by Crippen LogP contribution is -2.29. The van der Waals surface area contributed by atoms with E-state index in [9.17, 15) is 9.59 Å². The zero-order valence-corrected chi connectivity index (χ0v) is 7.56. The average Bonchev–Trinajstić information content (AvgIpc) is 2.26. The van der Waals surface area contributed by atoms with Crippen LogP contribution in [-0.2, 0) is 4.79 Å². The molecule has 11 heavy (non-hydrogen) atoms. The maximum Gasteiger partial charge on any atom is 0.324 e. The zero-order chi connectivity index (χ0) is 8.27. The summed E-state index contributed by atoms with van der Waals surface area (Å²) in [6.07, 6.45) is 0.876. The molecule has 1 rings (SSSR count). The van der Waals surface area contributed by atoms with Gasteiger partial charge in [-0.15, -0.1) is 0 Å². The first-order chi connectivity index (χ1) is 5.24. The van der Waals surface area contributed by atoms with Crippen molar-refractivity contribution in [1.29, 1.82) is 0 Å². The Bertz CT molecular complexity index is 183. The molecule has 0 aromatic heterocycles. The summed E-state index contributed by atoms with van der Waals surface area (Å²) in [4.78, 5) is 23.0. The summed E-state index contributed by atoms with van der Waals surface area (Å²) in [5.74, 6) is -0.204. The van der Waals surface area contributed by atoms with Crippen LogP contribution in [0.15, 0.2) is 0 Å². The molecule has 0 bridgehead atoms. The summed E-state index contributed by atoms with van der Waals surface area (Å²) in [5, 5.41) is 3.06. The third-order valence-electron chi connectivity index (χ3n) is 1.43. The number of hydrogen-bond donors (Lipinski definition) is 1. The second-order valence-corrected chi connectivity index (χ2v) is 3.11. The number of urea groups is 1. The van der Waals surface area contributed by atoms with Gasteiger partial charge in [0, 0.05) is 11.9 Å². The summed E-state index contributed by atoms with van der Waals surface area (Å²) >= 11 is 3.25. The van der Waals surface area contributed by atoms with Gasteiger partial charge < -0.3 is 4.90 Å².